The number of carbonyl (C=O) groups excluding carboxylic acids is 2. The fraction of sp³-hybridized carbons (Fsp3) is 0.562. The average Bonchev–Trinajstić information content (AvgIpc) is 3.64. The number of hydrogen-bond acceptors (Lipinski definition) is 6. The van der Waals surface area contributed by atoms with Crippen molar-refractivity contribution in [2.75, 3.05) is 24.6 Å². The van der Waals surface area contributed by atoms with E-state index in [1.165, 1.54) is 12.1 Å². The molecule has 0 unspecified atom stereocenters. The Balaban J connectivity index is 1.05. The molecule has 4 saturated carbocycles. The third kappa shape index (κ3) is 6.15. The van der Waals surface area contributed by atoms with Crippen molar-refractivity contribution in [3.8, 4) is 11.5 Å². The molecule has 7 rings (SSSR count). The third-order valence-electron chi connectivity index (χ3n) is 9.86. The lowest BCUT2D eigenvalue weighted by molar-refractivity contribution is -0.153. The summed E-state index contributed by atoms with van der Waals surface area (Å²) in [5.74, 6) is -0.210. The zero-order valence-corrected chi connectivity index (χ0v) is 28.3. The van der Waals surface area contributed by atoms with E-state index in [2.05, 4.69) is 49.4 Å². The molecule has 4 fully saturated rings. The van der Waals surface area contributed by atoms with Gasteiger partial charge < -0.3 is 29.4 Å². The smallest absolute Gasteiger partial charge is 0.263 e. The van der Waals surface area contributed by atoms with Gasteiger partial charge >= 0.3 is 0 Å². The molecule has 2 amide bonds. The lowest BCUT2D eigenvalue weighted by atomic mass is 9.44. The van der Waals surface area contributed by atoms with Crippen LogP contribution in [-0.2, 0) is 14.0 Å². The van der Waals surface area contributed by atoms with Gasteiger partial charge in [0.1, 0.15) is 17.3 Å². The molecule has 4 aliphatic carbocycles. The van der Waals surface area contributed by atoms with Crippen LogP contribution < -0.4 is 25.0 Å². The number of carbonyl (C=O) groups is 2. The highest BCUT2D eigenvalue weighted by molar-refractivity contribution is 6.74. The molecule has 1 heterocycles. The van der Waals surface area contributed by atoms with Crippen molar-refractivity contribution >= 4 is 49.0 Å². The first-order valence-electron chi connectivity index (χ1n) is 15.1. The van der Waals surface area contributed by atoms with Gasteiger partial charge in [-0.1, -0.05) is 44.0 Å². The zero-order valence-electron chi connectivity index (χ0n) is 25.8. The van der Waals surface area contributed by atoms with Gasteiger partial charge in [-0.3, -0.25) is 9.59 Å². The fourth-order valence-corrected chi connectivity index (χ4v) is 8.47. The van der Waals surface area contributed by atoms with Crippen LogP contribution in [0.2, 0.25) is 28.2 Å². The highest BCUT2D eigenvalue weighted by Gasteiger charge is 2.69. The average molecular weight is 665 g/mol. The van der Waals surface area contributed by atoms with Crippen molar-refractivity contribution in [1.29, 1.82) is 0 Å². The number of hydrogen-bond donors (Lipinski definition) is 2. The van der Waals surface area contributed by atoms with E-state index in [4.69, 9.17) is 37.1 Å². The Kier molecular flexibility index (Phi) is 7.71. The van der Waals surface area contributed by atoms with Crippen LogP contribution in [-0.4, -0.2) is 62.6 Å². The van der Waals surface area contributed by atoms with Crippen LogP contribution >= 0.6 is 23.2 Å². The van der Waals surface area contributed by atoms with Crippen LogP contribution in [0, 0.1) is 5.82 Å². The quantitative estimate of drug-likeness (QED) is 0.293. The summed E-state index contributed by atoms with van der Waals surface area (Å²) in [6.45, 7) is 12.1. The maximum atomic E-state index is 13.6. The molecule has 2 bridgehead atoms. The minimum absolute atomic E-state index is 0.00885. The van der Waals surface area contributed by atoms with Crippen LogP contribution in [0.4, 0.5) is 10.1 Å². The van der Waals surface area contributed by atoms with Crippen molar-refractivity contribution in [2.45, 2.75) is 93.8 Å². The molecule has 2 aromatic rings. The highest BCUT2D eigenvalue weighted by Crippen LogP contribution is 2.60. The van der Waals surface area contributed by atoms with Crippen LogP contribution in [0.15, 0.2) is 36.4 Å². The van der Waals surface area contributed by atoms with E-state index in [0.29, 0.717) is 43.1 Å². The van der Waals surface area contributed by atoms with Gasteiger partial charge in [0.15, 0.2) is 21.0 Å². The van der Waals surface area contributed by atoms with E-state index in [-0.39, 0.29) is 50.9 Å². The minimum atomic E-state index is -1.99. The molecule has 12 heteroatoms. The predicted molar refractivity (Wildman–Crippen MR) is 171 cm³/mol. The summed E-state index contributed by atoms with van der Waals surface area (Å²) >= 11 is 12.1. The topological polar surface area (TPSA) is 89.1 Å². The van der Waals surface area contributed by atoms with Gasteiger partial charge in [0, 0.05) is 28.7 Å². The molecule has 2 N–H and O–H groups in total. The minimum Gasteiger partial charge on any atom is -0.484 e. The van der Waals surface area contributed by atoms with Gasteiger partial charge in [-0.2, -0.15) is 0 Å². The second-order valence-electron chi connectivity index (χ2n) is 14.6. The van der Waals surface area contributed by atoms with E-state index in [1.807, 2.05) is 12.1 Å². The van der Waals surface area contributed by atoms with Gasteiger partial charge in [0.05, 0.1) is 22.9 Å². The number of benzene rings is 2. The van der Waals surface area contributed by atoms with E-state index in [9.17, 15) is 14.0 Å². The lowest BCUT2D eigenvalue weighted by Gasteiger charge is -2.70. The number of nitrogens with one attached hydrogen (secondary N) is 2. The van der Waals surface area contributed by atoms with Crippen molar-refractivity contribution in [3.63, 3.8) is 0 Å². The summed E-state index contributed by atoms with van der Waals surface area (Å²) in [5, 5.41) is 6.94. The van der Waals surface area contributed by atoms with Crippen molar-refractivity contribution in [3.05, 3.63) is 52.3 Å². The first-order chi connectivity index (χ1) is 20.5. The van der Waals surface area contributed by atoms with E-state index < -0.39 is 20.2 Å². The summed E-state index contributed by atoms with van der Waals surface area (Å²) in [6.07, 6.45) is 3.20. The predicted octanol–water partition coefficient (Wildman–Crippen LogP) is 6.24. The molecule has 238 valence electrons. The number of ether oxygens (including phenoxy) is 2. The van der Waals surface area contributed by atoms with Crippen molar-refractivity contribution in [2.24, 2.45) is 0 Å². The summed E-state index contributed by atoms with van der Waals surface area (Å²) in [4.78, 5) is 28.3. The van der Waals surface area contributed by atoms with Crippen molar-refractivity contribution in [1.82, 2.24) is 10.6 Å². The van der Waals surface area contributed by atoms with Crippen molar-refractivity contribution < 1.29 is 27.9 Å². The molecule has 1 atom stereocenters. The summed E-state index contributed by atoms with van der Waals surface area (Å²) in [6, 6.07) is 9.54. The SMILES string of the molecule is CC(C)(C)[Si](C)(C)OC1(CN2C[C@H](C(=O)NC34CC(NC(=O)COc5ccc(Cl)c(F)c5)(C3)C4)Oc3ccc(Cl)cc32)CC1. The molecule has 0 saturated heterocycles. The molecule has 2 aromatic carbocycles. The molecule has 0 aromatic heterocycles. The second-order valence-corrected chi connectivity index (χ2v) is 20.2. The van der Waals surface area contributed by atoms with Crippen LogP contribution in [0.1, 0.15) is 52.9 Å². The highest BCUT2D eigenvalue weighted by atomic mass is 35.5. The first kappa shape index (κ1) is 31.4. The monoisotopic (exact) mass is 663 g/mol. The van der Waals surface area contributed by atoms with Gasteiger partial charge in [-0.25, -0.2) is 4.39 Å². The lowest BCUT2D eigenvalue weighted by Crippen LogP contribution is -2.84. The number of amides is 2. The van der Waals surface area contributed by atoms with E-state index in [0.717, 1.165) is 24.6 Å². The number of anilines is 1. The Morgan fingerprint density at radius 1 is 1.07 bits per heavy atom. The van der Waals surface area contributed by atoms with E-state index >= 15 is 0 Å². The number of rotatable bonds is 10. The molecule has 1 aliphatic heterocycles. The van der Waals surface area contributed by atoms with Crippen LogP contribution in [0.3, 0.4) is 0 Å². The number of fused-ring (bicyclic) bond motifs is 1. The normalized spacial score (nSPS) is 26.4. The number of halogens is 3. The van der Waals surface area contributed by atoms with Gasteiger partial charge in [0.25, 0.3) is 11.8 Å². The maximum Gasteiger partial charge on any atom is 0.263 e. The Hall–Kier alpha value is -2.53. The van der Waals surface area contributed by atoms with Crippen LogP contribution in [0.5, 0.6) is 11.5 Å². The maximum absolute atomic E-state index is 13.6. The number of nitrogens with zero attached hydrogens (tertiary/aromatic N) is 1. The summed E-state index contributed by atoms with van der Waals surface area (Å²) in [5.41, 5.74) is -0.0730. The van der Waals surface area contributed by atoms with E-state index in [1.54, 1.807) is 6.07 Å². The third-order valence-corrected chi connectivity index (χ3v) is 15.0. The zero-order chi connectivity index (χ0) is 31.7. The molecule has 5 aliphatic rings. The van der Waals surface area contributed by atoms with Crippen LogP contribution in [0.25, 0.3) is 0 Å². The Morgan fingerprint density at radius 3 is 2.39 bits per heavy atom. The summed E-state index contributed by atoms with van der Waals surface area (Å²) < 4.78 is 32.2. The standard InChI is InChI=1S/C32H40Cl2FN3O5Si/c1-29(2,3)44(4,5)43-32(10-11-32)19-38-14-26(42-25-9-6-20(33)12-24(25)38)28(40)37-31-16-30(17-31,18-31)36-27(39)15-41-21-7-8-22(34)23(35)13-21/h6-9,12-13,26H,10-11,14-19H2,1-5H3,(H,36,39)(H,37,40)/t26-,30?,31?/m1/s1. The Labute approximate surface area is 269 Å². The van der Waals surface area contributed by atoms with Gasteiger partial charge in [-0.05, 0) is 80.6 Å². The fourth-order valence-electron chi connectivity index (χ4n) is 6.53. The second kappa shape index (κ2) is 10.8. The molecule has 8 nitrogen and oxygen atoms in total. The first-order valence-corrected chi connectivity index (χ1v) is 18.8. The summed E-state index contributed by atoms with van der Waals surface area (Å²) in [7, 11) is -1.99. The van der Waals surface area contributed by atoms with Gasteiger partial charge in [0.2, 0.25) is 0 Å². The Bertz CT molecular complexity index is 1470. The molecular weight excluding hydrogens is 624 g/mol. The Morgan fingerprint density at radius 2 is 1.75 bits per heavy atom. The largest absolute Gasteiger partial charge is 0.484 e. The molecular formula is C32H40Cl2FN3O5Si. The molecule has 0 spiro atoms. The molecule has 0 radical (unpaired) electrons. The molecule has 44 heavy (non-hydrogen) atoms. The van der Waals surface area contributed by atoms with Gasteiger partial charge in [-0.15, -0.1) is 0 Å².